The third-order valence-electron chi connectivity index (χ3n) is 7.98. The minimum absolute atomic E-state index is 0.0102. The fraction of sp³-hybridized carbons (Fsp3) is 0.306. The number of morpholine rings is 1. The number of hydrogen-bond acceptors (Lipinski definition) is 9. The number of hydrogen-bond donors (Lipinski definition) is 1. The summed E-state index contributed by atoms with van der Waals surface area (Å²) in [5.41, 5.74) is 1.97. The lowest BCUT2D eigenvalue weighted by atomic mass is 10.1. The Bertz CT molecular complexity index is 1950. The molecule has 1 N–H and O–H groups in total. The Kier molecular flexibility index (Phi) is 10.5. The van der Waals surface area contributed by atoms with E-state index >= 15 is 4.39 Å². The summed E-state index contributed by atoms with van der Waals surface area (Å²) < 4.78 is 59.2. The second kappa shape index (κ2) is 15.3. The number of methoxy groups -OCH3 is 1. The summed E-state index contributed by atoms with van der Waals surface area (Å²) >= 11 is 0. The van der Waals surface area contributed by atoms with Crippen molar-refractivity contribution in [1.82, 2.24) is 19.7 Å². The molecule has 1 amide bonds. The van der Waals surface area contributed by atoms with Crippen molar-refractivity contribution in [1.29, 1.82) is 0 Å². The van der Waals surface area contributed by atoms with E-state index in [1.54, 1.807) is 57.6 Å². The van der Waals surface area contributed by atoms with E-state index in [1.807, 2.05) is 0 Å². The summed E-state index contributed by atoms with van der Waals surface area (Å²) in [5.74, 6) is -0.108. The molecule has 1 saturated heterocycles. The molecule has 0 unspecified atom stereocenters. The molecule has 3 aromatic carbocycles. The van der Waals surface area contributed by atoms with Crippen LogP contribution in [0.3, 0.4) is 0 Å². The van der Waals surface area contributed by atoms with Crippen LogP contribution in [0.1, 0.15) is 29.4 Å². The van der Waals surface area contributed by atoms with Gasteiger partial charge < -0.3 is 29.0 Å². The predicted octanol–water partition coefficient (Wildman–Crippen LogP) is 6.56. The molecular weight excluding hydrogens is 636 g/mol. The van der Waals surface area contributed by atoms with Crippen LogP contribution in [0, 0.1) is 18.6 Å². The Morgan fingerprint density at radius 1 is 0.959 bits per heavy atom. The standard InChI is InChI=1S/C36H37F2N5O6/c1-4-47-34-22-43(29-8-6-24(37)18-23(29)2)41-35(34)36(44)40-25-7-9-31(27(38)19-25)49-30-10-11-39-28-21-33(32(45-3)20-26(28)30)48-15-5-12-42-13-16-46-17-14-42/h6-11,18-22H,4-5,12-17H2,1-3H3,(H,40,44). The zero-order valence-corrected chi connectivity index (χ0v) is 27.5. The van der Waals surface area contributed by atoms with Crippen molar-refractivity contribution in [2.75, 3.05) is 58.5 Å². The minimum atomic E-state index is -0.701. The van der Waals surface area contributed by atoms with Crippen LogP contribution in [0.25, 0.3) is 16.6 Å². The maximum absolute atomic E-state index is 15.4. The van der Waals surface area contributed by atoms with Crippen LogP contribution in [0.2, 0.25) is 0 Å². The van der Waals surface area contributed by atoms with Crippen molar-refractivity contribution in [3.8, 4) is 34.4 Å². The minimum Gasteiger partial charge on any atom is -0.493 e. The molecule has 256 valence electrons. The number of benzene rings is 3. The van der Waals surface area contributed by atoms with Gasteiger partial charge >= 0.3 is 0 Å². The van der Waals surface area contributed by atoms with Gasteiger partial charge in [0.25, 0.3) is 5.91 Å². The number of aryl methyl sites for hydroxylation is 1. The Labute approximate surface area is 282 Å². The fourth-order valence-corrected chi connectivity index (χ4v) is 5.53. The quantitative estimate of drug-likeness (QED) is 0.139. The maximum atomic E-state index is 15.4. The van der Waals surface area contributed by atoms with Gasteiger partial charge in [-0.1, -0.05) is 0 Å². The van der Waals surface area contributed by atoms with Crippen LogP contribution in [-0.2, 0) is 4.74 Å². The number of halogens is 2. The van der Waals surface area contributed by atoms with Gasteiger partial charge in [-0.15, -0.1) is 0 Å². The number of carbonyl (C=O) groups is 1. The number of rotatable bonds is 13. The van der Waals surface area contributed by atoms with Gasteiger partial charge in [0.05, 0.1) is 50.9 Å². The van der Waals surface area contributed by atoms with Gasteiger partial charge in [-0.05, 0) is 68.3 Å². The zero-order valence-electron chi connectivity index (χ0n) is 27.5. The molecule has 1 aliphatic rings. The second-order valence-electron chi connectivity index (χ2n) is 11.3. The predicted molar refractivity (Wildman–Crippen MR) is 180 cm³/mol. The van der Waals surface area contributed by atoms with Crippen molar-refractivity contribution >= 4 is 22.5 Å². The number of fused-ring (bicyclic) bond motifs is 1. The number of nitrogens with zero attached hydrogens (tertiary/aromatic N) is 4. The van der Waals surface area contributed by atoms with E-state index in [1.165, 1.54) is 28.9 Å². The van der Waals surface area contributed by atoms with Gasteiger partial charge in [0.2, 0.25) is 0 Å². The average Bonchev–Trinajstić information content (AvgIpc) is 3.52. The molecule has 0 saturated carbocycles. The average molecular weight is 674 g/mol. The van der Waals surface area contributed by atoms with Gasteiger partial charge in [-0.3, -0.25) is 14.7 Å². The zero-order chi connectivity index (χ0) is 34.3. The molecule has 0 radical (unpaired) electrons. The Balaban J connectivity index is 1.15. The molecule has 0 aliphatic carbocycles. The van der Waals surface area contributed by atoms with Crippen molar-refractivity contribution < 1.29 is 37.3 Å². The van der Waals surface area contributed by atoms with E-state index in [9.17, 15) is 9.18 Å². The highest BCUT2D eigenvalue weighted by Gasteiger charge is 2.21. The summed E-state index contributed by atoms with van der Waals surface area (Å²) in [5, 5.41) is 7.65. The first kappa shape index (κ1) is 33.6. The van der Waals surface area contributed by atoms with Crippen LogP contribution in [0.5, 0.6) is 28.7 Å². The molecule has 1 fully saturated rings. The number of carbonyl (C=O) groups excluding carboxylic acids is 1. The van der Waals surface area contributed by atoms with Gasteiger partial charge in [0, 0.05) is 49.0 Å². The number of pyridine rings is 1. The fourth-order valence-electron chi connectivity index (χ4n) is 5.53. The number of anilines is 1. The SMILES string of the molecule is CCOc1cn(-c2ccc(F)cc2C)nc1C(=O)Nc1ccc(Oc2ccnc3cc(OCCCN4CCOCC4)c(OC)cc23)c(F)c1. The number of ether oxygens (including phenoxy) is 5. The largest absolute Gasteiger partial charge is 0.493 e. The number of amides is 1. The monoisotopic (exact) mass is 673 g/mol. The number of nitrogens with one attached hydrogen (secondary N) is 1. The summed E-state index contributed by atoms with van der Waals surface area (Å²) in [6.45, 7) is 8.57. The summed E-state index contributed by atoms with van der Waals surface area (Å²) in [6, 6.07) is 13.5. The lowest BCUT2D eigenvalue weighted by Crippen LogP contribution is -2.37. The Hall–Kier alpha value is -5.27. The normalized spacial score (nSPS) is 13.3. The summed E-state index contributed by atoms with van der Waals surface area (Å²) in [7, 11) is 1.55. The smallest absolute Gasteiger partial charge is 0.280 e. The van der Waals surface area contributed by atoms with E-state index in [4.69, 9.17) is 23.7 Å². The van der Waals surface area contributed by atoms with Gasteiger partial charge in [0.1, 0.15) is 11.6 Å². The van der Waals surface area contributed by atoms with Crippen molar-refractivity contribution in [3.63, 3.8) is 0 Å². The first-order valence-electron chi connectivity index (χ1n) is 16.0. The van der Waals surface area contributed by atoms with Crippen molar-refractivity contribution in [2.45, 2.75) is 20.3 Å². The molecule has 13 heteroatoms. The third kappa shape index (κ3) is 7.90. The van der Waals surface area contributed by atoms with Crippen molar-refractivity contribution in [3.05, 3.63) is 89.9 Å². The summed E-state index contributed by atoms with van der Waals surface area (Å²) in [4.78, 5) is 20.1. The van der Waals surface area contributed by atoms with E-state index in [-0.39, 0.29) is 35.3 Å². The molecule has 2 aromatic heterocycles. The molecule has 6 rings (SSSR count). The highest BCUT2D eigenvalue weighted by molar-refractivity contribution is 6.04. The molecular formula is C36H37F2N5O6. The Morgan fingerprint density at radius 3 is 2.55 bits per heavy atom. The van der Waals surface area contributed by atoms with Crippen LogP contribution in [0.15, 0.2) is 67.0 Å². The molecule has 3 heterocycles. The van der Waals surface area contributed by atoms with Crippen molar-refractivity contribution in [2.24, 2.45) is 0 Å². The third-order valence-corrected chi connectivity index (χ3v) is 7.98. The first-order chi connectivity index (χ1) is 23.8. The molecule has 0 bridgehead atoms. The molecule has 49 heavy (non-hydrogen) atoms. The molecule has 5 aromatic rings. The molecule has 11 nitrogen and oxygen atoms in total. The molecule has 0 atom stereocenters. The van der Waals surface area contributed by atoms with Gasteiger partial charge in [-0.2, -0.15) is 5.10 Å². The van der Waals surface area contributed by atoms with Crippen LogP contribution < -0.4 is 24.3 Å². The van der Waals surface area contributed by atoms with Crippen LogP contribution in [-0.4, -0.2) is 78.7 Å². The van der Waals surface area contributed by atoms with Crippen LogP contribution in [0.4, 0.5) is 14.5 Å². The van der Waals surface area contributed by atoms with Crippen LogP contribution >= 0.6 is 0 Å². The van der Waals surface area contributed by atoms with Gasteiger partial charge in [-0.25, -0.2) is 13.5 Å². The van der Waals surface area contributed by atoms with E-state index in [0.29, 0.717) is 46.0 Å². The highest BCUT2D eigenvalue weighted by Crippen LogP contribution is 2.38. The first-order valence-corrected chi connectivity index (χ1v) is 16.0. The van der Waals surface area contributed by atoms with E-state index in [2.05, 4.69) is 20.3 Å². The topological polar surface area (TPSA) is 109 Å². The Morgan fingerprint density at radius 2 is 1.80 bits per heavy atom. The number of aromatic nitrogens is 3. The lowest BCUT2D eigenvalue weighted by Gasteiger charge is -2.26. The second-order valence-corrected chi connectivity index (χ2v) is 11.3. The molecule has 1 aliphatic heterocycles. The maximum Gasteiger partial charge on any atom is 0.280 e. The lowest BCUT2D eigenvalue weighted by molar-refractivity contribution is 0.0357. The highest BCUT2D eigenvalue weighted by atomic mass is 19.1. The van der Waals surface area contributed by atoms with E-state index in [0.717, 1.165) is 45.3 Å². The summed E-state index contributed by atoms with van der Waals surface area (Å²) in [6.07, 6.45) is 3.97. The van der Waals surface area contributed by atoms with Gasteiger partial charge in [0.15, 0.2) is 34.5 Å². The molecule has 0 spiro atoms. The van der Waals surface area contributed by atoms with E-state index < -0.39 is 11.7 Å².